The first-order valence-electron chi connectivity index (χ1n) is 9.94. The Bertz CT molecular complexity index is 809. The summed E-state index contributed by atoms with van der Waals surface area (Å²) in [6.45, 7) is 8.24. The third-order valence-electron chi connectivity index (χ3n) is 4.78. The Morgan fingerprint density at radius 1 is 0.897 bits per heavy atom. The van der Waals surface area contributed by atoms with Crippen LogP contribution in [0.15, 0.2) is 54.6 Å². The fourth-order valence-electron chi connectivity index (χ4n) is 2.92. The molecule has 2 unspecified atom stereocenters. The van der Waals surface area contributed by atoms with Crippen molar-refractivity contribution < 1.29 is 14.0 Å². The lowest BCUT2D eigenvalue weighted by molar-refractivity contribution is -0.124. The predicted molar refractivity (Wildman–Crippen MR) is 114 cm³/mol. The van der Waals surface area contributed by atoms with E-state index in [2.05, 4.69) is 29.8 Å². The third-order valence-corrected chi connectivity index (χ3v) is 4.78. The van der Waals surface area contributed by atoms with Crippen molar-refractivity contribution >= 4 is 17.5 Å². The maximum absolute atomic E-state index is 13.9. The molecule has 0 aliphatic heterocycles. The summed E-state index contributed by atoms with van der Waals surface area (Å²) >= 11 is 0. The van der Waals surface area contributed by atoms with Crippen molar-refractivity contribution in [3.63, 3.8) is 0 Å². The van der Waals surface area contributed by atoms with Crippen LogP contribution in [-0.4, -0.2) is 30.4 Å². The molecule has 0 saturated heterocycles. The zero-order chi connectivity index (χ0) is 21.4. The molecule has 29 heavy (non-hydrogen) atoms. The first-order chi connectivity index (χ1) is 13.8. The van der Waals surface area contributed by atoms with E-state index in [4.69, 9.17) is 0 Å². The van der Waals surface area contributed by atoms with Crippen LogP contribution in [0.4, 0.5) is 10.1 Å². The van der Waals surface area contributed by atoms with Gasteiger partial charge >= 0.3 is 0 Å². The van der Waals surface area contributed by atoms with Gasteiger partial charge in [-0.3, -0.25) is 9.59 Å². The summed E-state index contributed by atoms with van der Waals surface area (Å²) in [6.07, 6.45) is 0. The summed E-state index contributed by atoms with van der Waals surface area (Å²) in [4.78, 5) is 25.2. The topological polar surface area (TPSA) is 70.2 Å². The van der Waals surface area contributed by atoms with Gasteiger partial charge in [-0.1, -0.05) is 58.0 Å². The molecule has 2 atom stereocenters. The van der Waals surface area contributed by atoms with E-state index in [-0.39, 0.29) is 29.3 Å². The zero-order valence-corrected chi connectivity index (χ0v) is 17.4. The van der Waals surface area contributed by atoms with Gasteiger partial charge in [0.05, 0.1) is 5.56 Å². The Morgan fingerprint density at radius 2 is 1.52 bits per heavy atom. The van der Waals surface area contributed by atoms with Crippen LogP contribution in [0.2, 0.25) is 0 Å². The van der Waals surface area contributed by atoms with Crippen LogP contribution in [0.25, 0.3) is 0 Å². The summed E-state index contributed by atoms with van der Waals surface area (Å²) in [5.74, 6) is -1.36. The van der Waals surface area contributed by atoms with Crippen LogP contribution >= 0.6 is 0 Å². The Kier molecular flexibility index (Phi) is 8.19. The molecule has 2 rings (SSSR count). The Balaban J connectivity index is 2.01. The molecule has 0 heterocycles. The van der Waals surface area contributed by atoms with Crippen LogP contribution in [0.5, 0.6) is 0 Å². The van der Waals surface area contributed by atoms with Gasteiger partial charge in [-0.2, -0.15) is 0 Å². The predicted octanol–water partition coefficient (Wildman–Crippen LogP) is 3.83. The van der Waals surface area contributed by atoms with E-state index >= 15 is 0 Å². The average Bonchev–Trinajstić information content (AvgIpc) is 2.69. The van der Waals surface area contributed by atoms with Gasteiger partial charge in [0.25, 0.3) is 5.91 Å². The van der Waals surface area contributed by atoms with Crippen molar-refractivity contribution in [1.29, 1.82) is 0 Å². The summed E-state index contributed by atoms with van der Waals surface area (Å²) < 4.78 is 13.9. The number of carbonyl (C=O) groups excluding carboxylic acids is 2. The first kappa shape index (κ1) is 22.4. The molecule has 156 valence electrons. The lowest BCUT2D eigenvalue weighted by Gasteiger charge is -2.27. The van der Waals surface area contributed by atoms with E-state index in [1.165, 1.54) is 18.2 Å². The van der Waals surface area contributed by atoms with Gasteiger partial charge in [-0.05, 0) is 36.1 Å². The molecular weight excluding hydrogens is 369 g/mol. The van der Waals surface area contributed by atoms with Crippen LogP contribution in [0.1, 0.15) is 38.1 Å². The molecule has 5 nitrogen and oxygen atoms in total. The Hall–Kier alpha value is -2.89. The largest absolute Gasteiger partial charge is 0.380 e. The second-order valence-corrected chi connectivity index (χ2v) is 7.78. The molecule has 0 fully saturated rings. The number of amides is 2. The maximum atomic E-state index is 13.9. The normalized spacial score (nSPS) is 13.1. The van der Waals surface area contributed by atoms with Gasteiger partial charge in [-0.15, -0.1) is 0 Å². The van der Waals surface area contributed by atoms with Gasteiger partial charge in [0.1, 0.15) is 11.9 Å². The van der Waals surface area contributed by atoms with E-state index in [9.17, 15) is 14.0 Å². The molecule has 0 aliphatic carbocycles. The van der Waals surface area contributed by atoms with Crippen molar-refractivity contribution in [2.45, 2.75) is 39.8 Å². The van der Waals surface area contributed by atoms with Crippen molar-refractivity contribution in [2.75, 3.05) is 11.9 Å². The molecule has 0 aromatic heterocycles. The second-order valence-electron chi connectivity index (χ2n) is 7.78. The molecule has 6 heteroatoms. The van der Waals surface area contributed by atoms with Gasteiger partial charge in [0.15, 0.2) is 0 Å². The van der Waals surface area contributed by atoms with Crippen molar-refractivity contribution in [1.82, 2.24) is 10.6 Å². The SMILES string of the molecule is CC(C)C(CNC(=O)C(NC(=O)c1ccccc1F)C(C)C)Nc1ccccc1. The van der Waals surface area contributed by atoms with Crippen LogP contribution < -0.4 is 16.0 Å². The van der Waals surface area contributed by atoms with E-state index in [1.807, 2.05) is 44.2 Å². The minimum atomic E-state index is -0.758. The quantitative estimate of drug-likeness (QED) is 0.600. The van der Waals surface area contributed by atoms with Crippen molar-refractivity contribution in [2.24, 2.45) is 11.8 Å². The maximum Gasteiger partial charge on any atom is 0.254 e. The average molecular weight is 400 g/mol. The number of nitrogens with one attached hydrogen (secondary N) is 3. The van der Waals surface area contributed by atoms with Crippen LogP contribution in [-0.2, 0) is 4.79 Å². The second kappa shape index (κ2) is 10.6. The number of rotatable bonds is 9. The lowest BCUT2D eigenvalue weighted by Crippen LogP contribution is -2.52. The molecule has 0 bridgehead atoms. The molecule has 2 amide bonds. The van der Waals surface area contributed by atoms with Crippen molar-refractivity contribution in [3.8, 4) is 0 Å². The summed E-state index contributed by atoms with van der Waals surface area (Å²) in [5.41, 5.74) is 0.908. The minimum absolute atomic E-state index is 0.0245. The standard InChI is InChI=1S/C23H30FN3O2/c1-15(2)20(26-17-10-6-5-7-11-17)14-25-23(29)21(16(3)4)27-22(28)18-12-8-9-13-19(18)24/h5-13,15-16,20-21,26H,14H2,1-4H3,(H,25,29)(H,27,28). The van der Waals surface area contributed by atoms with Crippen LogP contribution in [0.3, 0.4) is 0 Å². The lowest BCUT2D eigenvalue weighted by atomic mass is 10.0. The van der Waals surface area contributed by atoms with E-state index in [0.717, 1.165) is 5.69 Å². The van der Waals surface area contributed by atoms with Gasteiger partial charge in [0, 0.05) is 18.3 Å². The number of benzene rings is 2. The van der Waals surface area contributed by atoms with Gasteiger partial charge < -0.3 is 16.0 Å². The smallest absolute Gasteiger partial charge is 0.254 e. The molecular formula is C23H30FN3O2. The van der Waals surface area contributed by atoms with Crippen LogP contribution in [0, 0.1) is 17.7 Å². The molecule has 0 radical (unpaired) electrons. The molecule has 0 aliphatic rings. The highest BCUT2D eigenvalue weighted by atomic mass is 19.1. The van der Waals surface area contributed by atoms with Gasteiger partial charge in [0.2, 0.25) is 5.91 Å². The summed E-state index contributed by atoms with van der Waals surface area (Å²) in [5, 5.41) is 9.02. The van der Waals surface area contributed by atoms with Crippen molar-refractivity contribution in [3.05, 3.63) is 66.0 Å². The molecule has 2 aromatic carbocycles. The molecule has 0 saturated carbocycles. The Morgan fingerprint density at radius 3 is 2.10 bits per heavy atom. The minimum Gasteiger partial charge on any atom is -0.380 e. The summed E-state index contributed by atoms with van der Waals surface area (Å²) in [6, 6.07) is 14.8. The fourth-order valence-corrected chi connectivity index (χ4v) is 2.92. The highest BCUT2D eigenvalue weighted by molar-refractivity contribution is 5.97. The number of para-hydroxylation sites is 1. The number of halogens is 1. The first-order valence-corrected chi connectivity index (χ1v) is 9.94. The molecule has 2 aromatic rings. The van der Waals surface area contributed by atoms with Gasteiger partial charge in [-0.25, -0.2) is 4.39 Å². The summed E-state index contributed by atoms with van der Waals surface area (Å²) in [7, 11) is 0. The van der Waals surface area contributed by atoms with E-state index < -0.39 is 17.8 Å². The number of hydrogen-bond acceptors (Lipinski definition) is 3. The highest BCUT2D eigenvalue weighted by Gasteiger charge is 2.26. The van der Waals surface area contributed by atoms with E-state index in [0.29, 0.717) is 6.54 Å². The molecule has 3 N–H and O–H groups in total. The number of hydrogen-bond donors (Lipinski definition) is 3. The monoisotopic (exact) mass is 399 g/mol. The highest BCUT2D eigenvalue weighted by Crippen LogP contribution is 2.13. The Labute approximate surface area is 172 Å². The zero-order valence-electron chi connectivity index (χ0n) is 17.4. The van der Waals surface area contributed by atoms with E-state index in [1.54, 1.807) is 6.07 Å². The molecule has 0 spiro atoms. The third kappa shape index (κ3) is 6.59. The number of carbonyl (C=O) groups is 2. The number of anilines is 1. The fraction of sp³-hybridized carbons (Fsp3) is 0.391.